The molecule has 0 heterocycles. The van der Waals surface area contributed by atoms with Gasteiger partial charge in [-0.15, -0.1) is 0 Å². The van der Waals surface area contributed by atoms with Crippen molar-refractivity contribution in [1.82, 2.24) is 0 Å². The van der Waals surface area contributed by atoms with Crippen LogP contribution in [-0.2, 0) is 6.54 Å². The average molecular weight is 351 g/mol. The number of benzene rings is 2. The van der Waals surface area contributed by atoms with E-state index >= 15 is 0 Å². The molecule has 0 radical (unpaired) electrons. The van der Waals surface area contributed by atoms with Gasteiger partial charge in [-0.25, -0.2) is 0 Å². The molecule has 6 heteroatoms. The predicted octanol–water partition coefficient (Wildman–Crippen LogP) is 4.29. The van der Waals surface area contributed by atoms with E-state index in [1.54, 1.807) is 19.2 Å². The molecular formula is C15H15BrN2O3. The third-order valence-electron chi connectivity index (χ3n) is 3.14. The minimum atomic E-state index is -0.371. The summed E-state index contributed by atoms with van der Waals surface area (Å²) in [6.45, 7) is 2.34. The molecule has 5 nitrogen and oxygen atoms in total. The first-order valence-electron chi connectivity index (χ1n) is 6.32. The molecule has 2 rings (SSSR count). The molecular weight excluding hydrogens is 336 g/mol. The summed E-state index contributed by atoms with van der Waals surface area (Å²) in [6.07, 6.45) is 0. The Morgan fingerprint density at radius 3 is 2.67 bits per heavy atom. The fourth-order valence-electron chi connectivity index (χ4n) is 2.03. The molecule has 2 aromatic rings. The van der Waals surface area contributed by atoms with Crippen molar-refractivity contribution in [3.63, 3.8) is 0 Å². The number of anilines is 1. The summed E-state index contributed by atoms with van der Waals surface area (Å²) in [6, 6.07) is 10.6. The Kier molecular flexibility index (Phi) is 4.80. The van der Waals surface area contributed by atoms with Crippen molar-refractivity contribution < 1.29 is 9.66 Å². The zero-order valence-corrected chi connectivity index (χ0v) is 13.3. The Morgan fingerprint density at radius 2 is 2.05 bits per heavy atom. The van der Waals surface area contributed by atoms with Crippen LogP contribution >= 0.6 is 15.9 Å². The smallest absolute Gasteiger partial charge is 0.274 e. The van der Waals surface area contributed by atoms with Crippen molar-refractivity contribution >= 4 is 27.3 Å². The second kappa shape index (κ2) is 6.58. The molecule has 1 N–H and O–H groups in total. The van der Waals surface area contributed by atoms with E-state index in [-0.39, 0.29) is 10.6 Å². The molecule has 0 spiro atoms. The number of nitrogens with one attached hydrogen (secondary N) is 1. The molecule has 0 saturated carbocycles. The van der Waals surface area contributed by atoms with Crippen LogP contribution in [0.25, 0.3) is 0 Å². The van der Waals surface area contributed by atoms with E-state index in [9.17, 15) is 10.1 Å². The van der Waals surface area contributed by atoms with Gasteiger partial charge in [0.05, 0.1) is 12.0 Å². The summed E-state index contributed by atoms with van der Waals surface area (Å²) < 4.78 is 5.97. The van der Waals surface area contributed by atoms with Gasteiger partial charge in [0.25, 0.3) is 5.69 Å². The van der Waals surface area contributed by atoms with Gasteiger partial charge in [0, 0.05) is 28.3 Å². The number of methoxy groups -OCH3 is 1. The second-order valence-corrected chi connectivity index (χ2v) is 5.48. The standard InChI is InChI=1S/C15H15BrN2O3/c1-10-7-13(21-2)4-5-14(10)17-9-11-8-12(16)3-6-15(11)18(19)20/h3-8,17H,9H2,1-2H3. The fourth-order valence-corrected chi connectivity index (χ4v) is 2.43. The molecule has 21 heavy (non-hydrogen) atoms. The minimum Gasteiger partial charge on any atom is -0.497 e. The van der Waals surface area contributed by atoms with Crippen molar-refractivity contribution in [3.05, 3.63) is 62.1 Å². The lowest BCUT2D eigenvalue weighted by molar-refractivity contribution is -0.385. The van der Waals surface area contributed by atoms with Crippen LogP contribution in [0.5, 0.6) is 5.75 Å². The fraction of sp³-hybridized carbons (Fsp3) is 0.200. The molecule has 2 aromatic carbocycles. The maximum Gasteiger partial charge on any atom is 0.274 e. The molecule has 0 atom stereocenters. The molecule has 0 amide bonds. The normalized spacial score (nSPS) is 10.2. The lowest BCUT2D eigenvalue weighted by Gasteiger charge is -2.11. The Hall–Kier alpha value is -2.08. The minimum absolute atomic E-state index is 0.108. The lowest BCUT2D eigenvalue weighted by Crippen LogP contribution is -2.04. The molecule has 0 unspecified atom stereocenters. The van der Waals surface area contributed by atoms with Crippen LogP contribution in [0.3, 0.4) is 0 Å². The Balaban J connectivity index is 2.20. The van der Waals surface area contributed by atoms with Gasteiger partial charge < -0.3 is 10.1 Å². The van der Waals surface area contributed by atoms with Crippen molar-refractivity contribution in [2.75, 3.05) is 12.4 Å². The predicted molar refractivity (Wildman–Crippen MR) is 85.9 cm³/mol. The first kappa shape index (κ1) is 15.3. The number of nitro groups is 1. The quantitative estimate of drug-likeness (QED) is 0.645. The molecule has 110 valence electrons. The maximum atomic E-state index is 11.0. The van der Waals surface area contributed by atoms with Gasteiger partial charge in [0.1, 0.15) is 5.75 Å². The van der Waals surface area contributed by atoms with E-state index in [0.717, 1.165) is 21.5 Å². The molecule has 0 aliphatic rings. The molecule has 0 saturated heterocycles. The van der Waals surface area contributed by atoms with Gasteiger partial charge in [-0.3, -0.25) is 10.1 Å². The highest BCUT2D eigenvalue weighted by Gasteiger charge is 2.13. The SMILES string of the molecule is COc1ccc(NCc2cc(Br)ccc2[N+](=O)[O-])c(C)c1. The third-order valence-corrected chi connectivity index (χ3v) is 3.63. The van der Waals surface area contributed by atoms with Gasteiger partial charge in [0.15, 0.2) is 0 Å². The summed E-state index contributed by atoms with van der Waals surface area (Å²) in [5.74, 6) is 0.784. The summed E-state index contributed by atoms with van der Waals surface area (Å²) >= 11 is 3.34. The summed E-state index contributed by atoms with van der Waals surface area (Å²) in [4.78, 5) is 10.7. The van der Waals surface area contributed by atoms with Gasteiger partial charge in [-0.1, -0.05) is 15.9 Å². The van der Waals surface area contributed by atoms with E-state index in [2.05, 4.69) is 21.2 Å². The lowest BCUT2D eigenvalue weighted by atomic mass is 10.1. The number of aryl methyl sites for hydroxylation is 1. The van der Waals surface area contributed by atoms with E-state index in [1.165, 1.54) is 6.07 Å². The van der Waals surface area contributed by atoms with Crippen LogP contribution in [0.2, 0.25) is 0 Å². The molecule has 0 aliphatic carbocycles. The van der Waals surface area contributed by atoms with Gasteiger partial charge in [0.2, 0.25) is 0 Å². The van der Waals surface area contributed by atoms with Crippen molar-refractivity contribution in [1.29, 1.82) is 0 Å². The third kappa shape index (κ3) is 3.72. The van der Waals surface area contributed by atoms with Crippen LogP contribution in [0, 0.1) is 17.0 Å². The van der Waals surface area contributed by atoms with Crippen molar-refractivity contribution in [3.8, 4) is 5.75 Å². The number of hydrogen-bond donors (Lipinski definition) is 1. The molecule has 0 bridgehead atoms. The summed E-state index contributed by atoms with van der Waals surface area (Å²) in [7, 11) is 1.62. The monoisotopic (exact) mass is 350 g/mol. The maximum absolute atomic E-state index is 11.0. The first-order valence-corrected chi connectivity index (χ1v) is 7.12. The van der Waals surface area contributed by atoms with Crippen LogP contribution < -0.4 is 10.1 Å². The number of rotatable bonds is 5. The highest BCUT2D eigenvalue weighted by Crippen LogP contribution is 2.26. The summed E-state index contributed by atoms with van der Waals surface area (Å²) in [5, 5.41) is 14.3. The average Bonchev–Trinajstić information content (AvgIpc) is 2.45. The largest absolute Gasteiger partial charge is 0.497 e. The van der Waals surface area contributed by atoms with E-state index < -0.39 is 0 Å². The van der Waals surface area contributed by atoms with Crippen molar-refractivity contribution in [2.45, 2.75) is 13.5 Å². The van der Waals surface area contributed by atoms with Crippen LogP contribution in [0.1, 0.15) is 11.1 Å². The Bertz CT molecular complexity index is 674. The molecule has 0 fully saturated rings. The Labute approximate surface area is 131 Å². The molecule has 0 aromatic heterocycles. The van der Waals surface area contributed by atoms with E-state index in [0.29, 0.717) is 12.1 Å². The Morgan fingerprint density at radius 1 is 1.29 bits per heavy atom. The van der Waals surface area contributed by atoms with Gasteiger partial charge in [-0.2, -0.15) is 0 Å². The summed E-state index contributed by atoms with van der Waals surface area (Å²) in [5.41, 5.74) is 2.68. The van der Waals surface area contributed by atoms with Gasteiger partial charge in [-0.05, 0) is 42.8 Å². The van der Waals surface area contributed by atoms with E-state index in [4.69, 9.17) is 4.74 Å². The number of nitro benzene ring substituents is 1. The number of ether oxygens (including phenoxy) is 1. The van der Waals surface area contributed by atoms with Crippen LogP contribution in [-0.4, -0.2) is 12.0 Å². The zero-order chi connectivity index (χ0) is 15.4. The highest BCUT2D eigenvalue weighted by molar-refractivity contribution is 9.10. The van der Waals surface area contributed by atoms with Crippen LogP contribution in [0.15, 0.2) is 40.9 Å². The topological polar surface area (TPSA) is 64.4 Å². The number of halogens is 1. The zero-order valence-electron chi connectivity index (χ0n) is 11.7. The van der Waals surface area contributed by atoms with Crippen molar-refractivity contribution in [2.24, 2.45) is 0 Å². The van der Waals surface area contributed by atoms with E-state index in [1.807, 2.05) is 25.1 Å². The van der Waals surface area contributed by atoms with Gasteiger partial charge >= 0.3 is 0 Å². The molecule has 0 aliphatic heterocycles. The first-order chi connectivity index (χ1) is 10.0. The second-order valence-electron chi connectivity index (χ2n) is 4.56. The highest BCUT2D eigenvalue weighted by atomic mass is 79.9. The number of nitrogens with zero attached hydrogens (tertiary/aromatic N) is 1. The number of hydrogen-bond acceptors (Lipinski definition) is 4. The van der Waals surface area contributed by atoms with Crippen LogP contribution in [0.4, 0.5) is 11.4 Å².